The van der Waals surface area contributed by atoms with Gasteiger partial charge in [0.1, 0.15) is 11.4 Å². The van der Waals surface area contributed by atoms with Gasteiger partial charge in [0, 0.05) is 19.1 Å². The summed E-state index contributed by atoms with van der Waals surface area (Å²) in [4.78, 5) is 9.22. The predicted molar refractivity (Wildman–Crippen MR) is 87.9 cm³/mol. The quantitative estimate of drug-likeness (QED) is 0.926. The maximum Gasteiger partial charge on any atom is 0.239 e. The van der Waals surface area contributed by atoms with Crippen molar-refractivity contribution in [1.29, 1.82) is 0 Å². The van der Waals surface area contributed by atoms with Gasteiger partial charge in [0.25, 0.3) is 0 Å². The van der Waals surface area contributed by atoms with Crippen LogP contribution in [0.3, 0.4) is 0 Å². The molecule has 0 bridgehead atoms. The molecule has 2 unspecified atom stereocenters. The van der Waals surface area contributed by atoms with Crippen LogP contribution in [-0.4, -0.2) is 48.7 Å². The van der Waals surface area contributed by atoms with Gasteiger partial charge in [0.15, 0.2) is 0 Å². The molecule has 0 spiro atoms. The van der Waals surface area contributed by atoms with Gasteiger partial charge in [-0.2, -0.15) is 4.98 Å². The van der Waals surface area contributed by atoms with Crippen LogP contribution in [0.1, 0.15) is 27.7 Å². The van der Waals surface area contributed by atoms with Crippen molar-refractivity contribution in [1.82, 2.24) is 9.88 Å². The summed E-state index contributed by atoms with van der Waals surface area (Å²) in [5.41, 5.74) is 6.27. The fourth-order valence-electron chi connectivity index (χ4n) is 2.80. The van der Waals surface area contributed by atoms with E-state index in [4.69, 9.17) is 10.5 Å². The van der Waals surface area contributed by atoms with Gasteiger partial charge in [-0.3, -0.25) is 0 Å². The zero-order valence-corrected chi connectivity index (χ0v) is 14.1. The Labute approximate surface area is 128 Å². The van der Waals surface area contributed by atoms with Crippen molar-refractivity contribution < 1.29 is 4.74 Å². The van der Waals surface area contributed by atoms with Crippen molar-refractivity contribution in [2.45, 2.75) is 39.3 Å². The average molecular weight is 292 g/mol. The van der Waals surface area contributed by atoms with Crippen LogP contribution in [0.25, 0.3) is 0 Å². The lowest BCUT2D eigenvalue weighted by Crippen LogP contribution is -2.34. The molecule has 0 amide bonds. The number of hydrogen-bond donors (Lipinski definition) is 1. The Morgan fingerprint density at radius 1 is 1.29 bits per heavy atom. The number of rotatable bonds is 3. The Morgan fingerprint density at radius 2 is 1.95 bits per heavy atom. The second kappa shape index (κ2) is 5.72. The molecule has 0 saturated carbocycles. The van der Waals surface area contributed by atoms with Crippen LogP contribution >= 0.6 is 0 Å². The van der Waals surface area contributed by atoms with E-state index in [2.05, 4.69) is 35.8 Å². The zero-order chi connectivity index (χ0) is 15.8. The molecule has 21 heavy (non-hydrogen) atoms. The molecule has 1 fully saturated rings. The monoisotopic (exact) mass is 292 g/mol. The summed E-state index contributed by atoms with van der Waals surface area (Å²) in [5.74, 6) is 2.09. The Hall–Kier alpha value is -1.49. The smallest absolute Gasteiger partial charge is 0.239 e. The summed E-state index contributed by atoms with van der Waals surface area (Å²) in [6.07, 6.45) is 0. The molecular weight excluding hydrogens is 264 g/mol. The van der Waals surface area contributed by atoms with Gasteiger partial charge >= 0.3 is 0 Å². The number of hydrogen-bond acceptors (Lipinski definition) is 5. The summed E-state index contributed by atoms with van der Waals surface area (Å²) in [7, 11) is 4.27. The first kappa shape index (κ1) is 15.9. The van der Waals surface area contributed by atoms with Crippen LogP contribution in [0, 0.1) is 5.92 Å². The molecule has 1 saturated heterocycles. The first-order valence-corrected chi connectivity index (χ1v) is 7.54. The van der Waals surface area contributed by atoms with E-state index in [0.29, 0.717) is 23.5 Å². The van der Waals surface area contributed by atoms with E-state index in [1.54, 1.807) is 0 Å². The van der Waals surface area contributed by atoms with Gasteiger partial charge in [0.05, 0.1) is 5.69 Å². The van der Waals surface area contributed by atoms with Crippen molar-refractivity contribution in [3.63, 3.8) is 0 Å². The number of anilines is 2. The molecule has 5 heteroatoms. The largest absolute Gasteiger partial charge is 0.470 e. The zero-order valence-electron chi connectivity index (χ0n) is 14.1. The second-order valence-electron chi connectivity index (χ2n) is 7.19. The lowest BCUT2D eigenvalue weighted by molar-refractivity contribution is 0.125. The van der Waals surface area contributed by atoms with E-state index in [-0.39, 0.29) is 5.60 Å². The molecule has 2 atom stereocenters. The minimum atomic E-state index is -0.301. The summed E-state index contributed by atoms with van der Waals surface area (Å²) in [5, 5.41) is 0. The second-order valence-corrected chi connectivity index (χ2v) is 7.19. The van der Waals surface area contributed by atoms with Crippen LogP contribution in [0.5, 0.6) is 5.88 Å². The molecule has 0 aliphatic carbocycles. The number of ether oxygens (including phenoxy) is 1. The molecular formula is C16H28N4O. The third kappa shape index (κ3) is 3.79. The number of aromatic nitrogens is 1. The molecule has 1 aliphatic heterocycles. The molecule has 1 aliphatic rings. The SMILES string of the molecule is CC1CN(c2ccc(N)c(OC(C)(C)C)n2)CC1N(C)C. The Morgan fingerprint density at radius 3 is 2.48 bits per heavy atom. The number of pyridine rings is 1. The summed E-state index contributed by atoms with van der Waals surface area (Å²) >= 11 is 0. The fraction of sp³-hybridized carbons (Fsp3) is 0.688. The van der Waals surface area contributed by atoms with Gasteiger partial charge in [-0.05, 0) is 52.9 Å². The standard InChI is InChI=1S/C16H28N4O/c1-11-9-20(10-13(11)19(5)6)14-8-7-12(17)15(18-14)21-16(2,3)4/h7-8,11,13H,9-10,17H2,1-6H3. The first-order valence-electron chi connectivity index (χ1n) is 7.54. The van der Waals surface area contributed by atoms with E-state index in [1.165, 1.54) is 0 Å². The summed E-state index contributed by atoms with van der Waals surface area (Å²) in [6.45, 7) is 10.3. The Bertz CT molecular complexity index is 496. The van der Waals surface area contributed by atoms with Crippen molar-refractivity contribution in [2.75, 3.05) is 37.8 Å². The van der Waals surface area contributed by atoms with Crippen molar-refractivity contribution >= 4 is 11.5 Å². The average Bonchev–Trinajstić information content (AvgIpc) is 2.72. The molecule has 1 aromatic rings. The third-order valence-electron chi connectivity index (χ3n) is 3.84. The van der Waals surface area contributed by atoms with Crippen molar-refractivity contribution in [2.24, 2.45) is 5.92 Å². The Kier molecular flexibility index (Phi) is 4.33. The maximum atomic E-state index is 5.98. The van der Waals surface area contributed by atoms with E-state index in [0.717, 1.165) is 18.9 Å². The highest BCUT2D eigenvalue weighted by molar-refractivity contribution is 5.55. The predicted octanol–water partition coefficient (Wildman–Crippen LogP) is 2.23. The van der Waals surface area contributed by atoms with Crippen LogP contribution < -0.4 is 15.4 Å². The molecule has 0 radical (unpaired) electrons. The highest BCUT2D eigenvalue weighted by atomic mass is 16.5. The lowest BCUT2D eigenvalue weighted by Gasteiger charge is -2.24. The topological polar surface area (TPSA) is 54.6 Å². The van der Waals surface area contributed by atoms with Crippen LogP contribution in [0.2, 0.25) is 0 Å². The molecule has 2 rings (SSSR count). The van der Waals surface area contributed by atoms with E-state index >= 15 is 0 Å². The van der Waals surface area contributed by atoms with Gasteiger partial charge in [-0.25, -0.2) is 0 Å². The van der Waals surface area contributed by atoms with Crippen LogP contribution in [0.15, 0.2) is 12.1 Å². The van der Waals surface area contributed by atoms with E-state index in [1.807, 2.05) is 32.9 Å². The minimum absolute atomic E-state index is 0.301. The summed E-state index contributed by atoms with van der Waals surface area (Å²) in [6, 6.07) is 4.42. The number of nitrogens with two attached hydrogens (primary N) is 1. The molecule has 5 nitrogen and oxygen atoms in total. The highest BCUT2D eigenvalue weighted by Crippen LogP contribution is 2.30. The first-order chi connectivity index (χ1) is 9.67. The van der Waals surface area contributed by atoms with Crippen molar-refractivity contribution in [3.8, 4) is 5.88 Å². The van der Waals surface area contributed by atoms with Gasteiger partial charge < -0.3 is 20.3 Å². The van der Waals surface area contributed by atoms with Crippen molar-refractivity contribution in [3.05, 3.63) is 12.1 Å². The number of nitrogen functional groups attached to an aromatic ring is 1. The number of likely N-dealkylation sites (N-methyl/N-ethyl adjacent to an activating group) is 1. The van der Waals surface area contributed by atoms with Crippen LogP contribution in [0.4, 0.5) is 11.5 Å². The molecule has 2 heterocycles. The van der Waals surface area contributed by atoms with Gasteiger partial charge in [0.2, 0.25) is 5.88 Å². The lowest BCUT2D eigenvalue weighted by atomic mass is 10.1. The molecule has 2 N–H and O–H groups in total. The van der Waals surface area contributed by atoms with Crippen LogP contribution in [-0.2, 0) is 0 Å². The normalized spacial score (nSPS) is 22.9. The minimum Gasteiger partial charge on any atom is -0.470 e. The highest BCUT2D eigenvalue weighted by Gasteiger charge is 2.32. The third-order valence-corrected chi connectivity index (χ3v) is 3.84. The van der Waals surface area contributed by atoms with E-state index in [9.17, 15) is 0 Å². The maximum absolute atomic E-state index is 5.98. The van der Waals surface area contributed by atoms with Gasteiger partial charge in [-0.1, -0.05) is 6.92 Å². The number of nitrogens with zero attached hydrogens (tertiary/aromatic N) is 3. The summed E-state index contributed by atoms with van der Waals surface area (Å²) < 4.78 is 5.86. The van der Waals surface area contributed by atoms with Gasteiger partial charge in [-0.15, -0.1) is 0 Å². The van der Waals surface area contributed by atoms with E-state index < -0.39 is 0 Å². The Balaban J connectivity index is 2.20. The molecule has 118 valence electrons. The molecule has 0 aromatic carbocycles. The fourth-order valence-corrected chi connectivity index (χ4v) is 2.80. The molecule has 1 aromatic heterocycles.